The van der Waals surface area contributed by atoms with E-state index < -0.39 is 0 Å². The minimum absolute atomic E-state index is 0.0419. The van der Waals surface area contributed by atoms with Gasteiger partial charge in [0.25, 0.3) is 5.91 Å². The molecule has 1 aliphatic rings. The van der Waals surface area contributed by atoms with Gasteiger partial charge in [0.05, 0.1) is 0 Å². The lowest BCUT2D eigenvalue weighted by Crippen LogP contribution is -2.42. The molecule has 1 saturated heterocycles. The molecule has 6 heteroatoms. The van der Waals surface area contributed by atoms with Crippen molar-refractivity contribution in [3.05, 3.63) is 35.4 Å². The topological polar surface area (TPSA) is 73.5 Å². The van der Waals surface area contributed by atoms with E-state index in [2.05, 4.69) is 27.8 Å². The quantitative estimate of drug-likeness (QED) is 0.667. The van der Waals surface area contributed by atoms with E-state index in [1.54, 1.807) is 0 Å². The highest BCUT2D eigenvalue weighted by atomic mass is 16.2. The highest BCUT2D eigenvalue weighted by Gasteiger charge is 2.20. The van der Waals surface area contributed by atoms with Crippen LogP contribution >= 0.6 is 0 Å². The van der Waals surface area contributed by atoms with Crippen LogP contribution in [0, 0.1) is 0 Å². The van der Waals surface area contributed by atoms with Gasteiger partial charge in [0.1, 0.15) is 0 Å². The molecule has 1 fully saturated rings. The van der Waals surface area contributed by atoms with Crippen LogP contribution in [0.1, 0.15) is 56.0 Å². The Hall–Kier alpha value is -2.08. The van der Waals surface area contributed by atoms with Gasteiger partial charge in [-0.1, -0.05) is 19.1 Å². The Morgan fingerprint density at radius 3 is 2.31 bits per heavy atom. The maximum atomic E-state index is 12.4. The predicted octanol–water partition coefficient (Wildman–Crippen LogP) is 2.50. The van der Waals surface area contributed by atoms with Gasteiger partial charge in [0, 0.05) is 30.7 Å². The Morgan fingerprint density at radius 1 is 1.08 bits per heavy atom. The van der Waals surface area contributed by atoms with E-state index in [0.29, 0.717) is 24.7 Å². The van der Waals surface area contributed by atoms with E-state index in [4.69, 9.17) is 0 Å². The third-order valence-corrected chi connectivity index (χ3v) is 4.72. The summed E-state index contributed by atoms with van der Waals surface area (Å²) in [5.74, 6) is -0.0419. The van der Waals surface area contributed by atoms with Crippen LogP contribution in [0.25, 0.3) is 0 Å². The smallest absolute Gasteiger partial charge is 0.315 e. The fourth-order valence-electron chi connectivity index (χ4n) is 3.22. The van der Waals surface area contributed by atoms with E-state index >= 15 is 0 Å². The SMILES string of the molecule is CCC(CNC(=O)c1ccc(CNC(=O)NC(C)C)cc1)N1CCCC1. The lowest BCUT2D eigenvalue weighted by molar-refractivity contribution is 0.0937. The molecule has 1 aromatic rings. The first-order valence-electron chi connectivity index (χ1n) is 9.65. The number of urea groups is 1. The number of rotatable bonds is 8. The maximum absolute atomic E-state index is 12.4. The van der Waals surface area contributed by atoms with Crippen molar-refractivity contribution in [2.24, 2.45) is 0 Å². The van der Waals surface area contributed by atoms with Crippen LogP contribution in [0.5, 0.6) is 0 Å². The summed E-state index contributed by atoms with van der Waals surface area (Å²) in [4.78, 5) is 26.4. The highest BCUT2D eigenvalue weighted by Crippen LogP contribution is 2.13. The molecule has 6 nitrogen and oxygen atoms in total. The maximum Gasteiger partial charge on any atom is 0.315 e. The van der Waals surface area contributed by atoms with Crippen molar-refractivity contribution in [3.8, 4) is 0 Å². The number of carbonyl (C=O) groups is 2. The van der Waals surface area contributed by atoms with Gasteiger partial charge >= 0.3 is 6.03 Å². The molecular weight excluding hydrogens is 328 g/mol. The molecule has 0 bridgehead atoms. The Balaban J connectivity index is 1.79. The van der Waals surface area contributed by atoms with E-state index in [1.165, 1.54) is 12.8 Å². The van der Waals surface area contributed by atoms with Crippen molar-refractivity contribution in [1.29, 1.82) is 0 Å². The Kier molecular flexibility index (Phi) is 7.91. The Morgan fingerprint density at radius 2 is 1.73 bits per heavy atom. The summed E-state index contributed by atoms with van der Waals surface area (Å²) in [6.45, 7) is 9.41. The van der Waals surface area contributed by atoms with Crippen molar-refractivity contribution in [2.75, 3.05) is 19.6 Å². The van der Waals surface area contributed by atoms with Crippen LogP contribution in [0.4, 0.5) is 4.79 Å². The van der Waals surface area contributed by atoms with Gasteiger partial charge in [-0.2, -0.15) is 0 Å². The molecule has 3 N–H and O–H groups in total. The van der Waals surface area contributed by atoms with Gasteiger partial charge in [-0.25, -0.2) is 4.79 Å². The molecule has 1 unspecified atom stereocenters. The lowest BCUT2D eigenvalue weighted by atomic mass is 10.1. The largest absolute Gasteiger partial charge is 0.350 e. The molecule has 1 aliphatic heterocycles. The molecule has 0 aliphatic carbocycles. The third-order valence-electron chi connectivity index (χ3n) is 4.72. The zero-order valence-corrected chi connectivity index (χ0v) is 16.2. The van der Waals surface area contributed by atoms with Gasteiger partial charge < -0.3 is 16.0 Å². The van der Waals surface area contributed by atoms with Crippen molar-refractivity contribution in [3.63, 3.8) is 0 Å². The van der Waals surface area contributed by atoms with E-state index in [9.17, 15) is 9.59 Å². The number of carbonyl (C=O) groups excluding carboxylic acids is 2. The summed E-state index contributed by atoms with van der Waals surface area (Å²) in [5.41, 5.74) is 1.61. The third kappa shape index (κ3) is 6.33. The second-order valence-electron chi connectivity index (χ2n) is 7.19. The normalized spacial score (nSPS) is 15.7. The van der Waals surface area contributed by atoms with Crippen molar-refractivity contribution in [2.45, 2.75) is 58.7 Å². The fraction of sp³-hybridized carbons (Fsp3) is 0.600. The molecule has 1 heterocycles. The zero-order chi connectivity index (χ0) is 18.9. The number of amides is 3. The average molecular weight is 361 g/mol. The van der Waals surface area contributed by atoms with E-state index in [1.807, 2.05) is 38.1 Å². The fourth-order valence-corrected chi connectivity index (χ4v) is 3.22. The van der Waals surface area contributed by atoms with Crippen LogP contribution in [0.3, 0.4) is 0 Å². The minimum atomic E-state index is -0.186. The number of likely N-dealkylation sites (tertiary alicyclic amines) is 1. The van der Waals surface area contributed by atoms with Gasteiger partial charge in [-0.3, -0.25) is 9.69 Å². The molecule has 1 atom stereocenters. The number of nitrogens with zero attached hydrogens (tertiary/aromatic N) is 1. The Labute approximate surface area is 156 Å². The van der Waals surface area contributed by atoms with Crippen LogP contribution in [-0.4, -0.2) is 48.6 Å². The number of hydrogen-bond donors (Lipinski definition) is 3. The minimum Gasteiger partial charge on any atom is -0.350 e. The van der Waals surface area contributed by atoms with E-state index in [0.717, 1.165) is 25.1 Å². The molecule has 26 heavy (non-hydrogen) atoms. The second kappa shape index (κ2) is 10.2. The van der Waals surface area contributed by atoms with Crippen molar-refractivity contribution in [1.82, 2.24) is 20.9 Å². The summed E-state index contributed by atoms with van der Waals surface area (Å²) < 4.78 is 0. The predicted molar refractivity (Wildman–Crippen MR) is 104 cm³/mol. The molecule has 0 radical (unpaired) electrons. The summed E-state index contributed by atoms with van der Waals surface area (Å²) in [7, 11) is 0. The second-order valence-corrected chi connectivity index (χ2v) is 7.19. The molecular formula is C20H32N4O2. The van der Waals surface area contributed by atoms with Crippen LogP contribution < -0.4 is 16.0 Å². The summed E-state index contributed by atoms with van der Waals surface area (Å²) >= 11 is 0. The lowest BCUT2D eigenvalue weighted by Gasteiger charge is -2.26. The van der Waals surface area contributed by atoms with Gasteiger partial charge in [0.15, 0.2) is 0 Å². The molecule has 1 aromatic carbocycles. The number of benzene rings is 1. The summed E-state index contributed by atoms with van der Waals surface area (Å²) in [6.07, 6.45) is 3.56. The summed E-state index contributed by atoms with van der Waals surface area (Å²) in [6, 6.07) is 7.71. The number of hydrogen-bond acceptors (Lipinski definition) is 3. The first-order chi connectivity index (χ1) is 12.5. The van der Waals surface area contributed by atoms with Crippen LogP contribution in [0.2, 0.25) is 0 Å². The molecule has 0 aromatic heterocycles. The highest BCUT2D eigenvalue weighted by molar-refractivity contribution is 5.94. The van der Waals surface area contributed by atoms with Gasteiger partial charge in [0.2, 0.25) is 0 Å². The van der Waals surface area contributed by atoms with Crippen molar-refractivity contribution < 1.29 is 9.59 Å². The molecule has 0 spiro atoms. The first-order valence-corrected chi connectivity index (χ1v) is 9.65. The molecule has 0 saturated carbocycles. The zero-order valence-electron chi connectivity index (χ0n) is 16.2. The summed E-state index contributed by atoms with van der Waals surface area (Å²) in [5, 5.41) is 8.64. The molecule has 144 valence electrons. The molecule has 2 rings (SSSR count). The monoisotopic (exact) mass is 360 g/mol. The van der Waals surface area contributed by atoms with Gasteiger partial charge in [-0.05, 0) is 63.9 Å². The van der Waals surface area contributed by atoms with Crippen LogP contribution in [0.15, 0.2) is 24.3 Å². The molecule has 3 amide bonds. The Bertz CT molecular complexity index is 580. The average Bonchev–Trinajstić information content (AvgIpc) is 3.14. The van der Waals surface area contributed by atoms with Crippen LogP contribution in [-0.2, 0) is 6.54 Å². The van der Waals surface area contributed by atoms with Gasteiger partial charge in [-0.15, -0.1) is 0 Å². The van der Waals surface area contributed by atoms with Crippen molar-refractivity contribution >= 4 is 11.9 Å². The van der Waals surface area contributed by atoms with E-state index in [-0.39, 0.29) is 18.0 Å². The standard InChI is InChI=1S/C20H32N4O2/c1-4-18(24-11-5-6-12-24)14-21-19(25)17-9-7-16(8-10-17)13-22-20(26)23-15(2)3/h7-10,15,18H,4-6,11-14H2,1-3H3,(H,21,25)(H2,22,23,26). The first kappa shape index (κ1) is 20.2. The number of nitrogens with one attached hydrogen (secondary N) is 3.